The Kier molecular flexibility index (Phi) is 38.0. The summed E-state index contributed by atoms with van der Waals surface area (Å²) in [6, 6.07) is 3.55. The maximum Gasteiger partial charge on any atom is 0.123 e. The van der Waals surface area contributed by atoms with Gasteiger partial charge in [0.25, 0.3) is 0 Å². The average Bonchev–Trinajstić information content (AvgIpc) is 3.27. The SMILES string of the molecule is CCCCCCCCCCCCCCCCCCc1c(CP(=O)([O-])[O-])cc(C(C)(C)C)c(O)c1C(C)(C)C.CCCCCCCCCCCCCCCCCCc1c(CP(=O)([O-])[O-])cc(C(C)(C)C)c(O)c1C(C)(C)C.[Ni]. The van der Waals surface area contributed by atoms with E-state index in [-0.39, 0.29) is 49.7 Å². The Morgan fingerprint density at radius 1 is 0.351 bits per heavy atom. The number of aromatic hydroxyl groups is 2. The van der Waals surface area contributed by atoms with E-state index in [0.29, 0.717) is 35.1 Å². The first-order valence-corrected chi connectivity index (χ1v) is 34.6. The molecule has 2 N–H and O–H groups in total. The smallest absolute Gasteiger partial charge is 0.123 e. The summed E-state index contributed by atoms with van der Waals surface area (Å²) in [7, 11) is -9.46. The standard InChI is InChI=1S/2C33H61O4P.Ni/c2*1-8-9-10-11-12-13-14-15-16-17-18-19-20-21-22-23-24-28-27(26-38(35,36)37)25-29(32(2,3)4)31(34)30(28)33(5,6)7;/h2*25,34H,8-24,26H2,1-7H3,(H2,35,36,37);/p-4. The van der Waals surface area contributed by atoms with Crippen LogP contribution < -0.4 is 19.6 Å². The van der Waals surface area contributed by atoms with Crippen LogP contribution in [0.15, 0.2) is 12.1 Å². The number of hydrogen-bond acceptors (Lipinski definition) is 8. The van der Waals surface area contributed by atoms with E-state index in [2.05, 4.69) is 13.8 Å². The number of hydrogen-bond donors (Lipinski definition) is 2. The molecule has 0 aliphatic heterocycles. The molecule has 8 nitrogen and oxygen atoms in total. The fourth-order valence-corrected chi connectivity index (χ4v) is 12.7. The van der Waals surface area contributed by atoms with Crippen LogP contribution in [0.1, 0.15) is 347 Å². The van der Waals surface area contributed by atoms with Gasteiger partial charge in [-0.3, -0.25) is 0 Å². The van der Waals surface area contributed by atoms with Crippen molar-refractivity contribution in [2.75, 3.05) is 0 Å². The molecule has 0 heterocycles. The van der Waals surface area contributed by atoms with Gasteiger partial charge in [0, 0.05) is 39.9 Å². The van der Waals surface area contributed by atoms with Gasteiger partial charge in [0.05, 0.1) is 0 Å². The molecule has 0 aliphatic carbocycles. The predicted octanol–water partition coefficient (Wildman–Crippen LogP) is 18.4. The minimum Gasteiger partial charge on any atom is -0.810 e. The fourth-order valence-electron chi connectivity index (χ4n) is 11.3. The first-order valence-electron chi connectivity index (χ1n) is 31.2. The van der Waals surface area contributed by atoms with Gasteiger partial charge in [0.1, 0.15) is 11.5 Å². The second kappa shape index (κ2) is 38.6. The third-order valence-electron chi connectivity index (χ3n) is 15.4. The number of benzene rings is 2. The first kappa shape index (κ1) is 75.8. The van der Waals surface area contributed by atoms with Gasteiger partial charge in [0.2, 0.25) is 0 Å². The van der Waals surface area contributed by atoms with Crippen LogP contribution in [0.5, 0.6) is 11.5 Å². The summed E-state index contributed by atoms with van der Waals surface area (Å²) >= 11 is 0. The molecule has 2 aromatic rings. The van der Waals surface area contributed by atoms with Crippen molar-refractivity contribution in [1.82, 2.24) is 0 Å². The third kappa shape index (κ3) is 33.5. The minimum atomic E-state index is -4.73. The molecule has 0 saturated carbocycles. The average molecular weight is 1160 g/mol. The van der Waals surface area contributed by atoms with E-state index >= 15 is 0 Å². The van der Waals surface area contributed by atoms with Crippen molar-refractivity contribution in [3.63, 3.8) is 0 Å². The van der Waals surface area contributed by atoms with Gasteiger partial charge in [-0.15, -0.1) is 0 Å². The monoisotopic (exact) mass is 1160 g/mol. The zero-order valence-electron chi connectivity index (χ0n) is 52.2. The van der Waals surface area contributed by atoms with Crippen molar-refractivity contribution >= 4 is 15.2 Å². The second-order valence-electron chi connectivity index (χ2n) is 27.2. The van der Waals surface area contributed by atoms with Crippen LogP contribution in [0.3, 0.4) is 0 Å². The molecule has 0 radical (unpaired) electrons. The van der Waals surface area contributed by atoms with Gasteiger partial charge in [-0.2, -0.15) is 0 Å². The van der Waals surface area contributed by atoms with Crippen LogP contribution >= 0.6 is 15.2 Å². The molecule has 2 aromatic carbocycles. The van der Waals surface area contributed by atoms with Crippen molar-refractivity contribution in [2.45, 2.75) is 349 Å². The summed E-state index contributed by atoms with van der Waals surface area (Å²) in [5.74, 6) is 0.513. The Labute approximate surface area is 485 Å². The van der Waals surface area contributed by atoms with Crippen LogP contribution in [-0.2, 0) is 72.4 Å². The van der Waals surface area contributed by atoms with Gasteiger partial charge < -0.3 is 38.9 Å². The van der Waals surface area contributed by atoms with E-state index in [1.165, 1.54) is 180 Å². The largest absolute Gasteiger partial charge is 0.810 e. The molecular formula is C66H118NiO8P2-4. The Hall–Kier alpha value is -1.17. The van der Waals surface area contributed by atoms with E-state index in [0.717, 1.165) is 47.9 Å². The summed E-state index contributed by atoms with van der Waals surface area (Å²) in [5, 5.41) is 22.5. The summed E-state index contributed by atoms with van der Waals surface area (Å²) in [6.07, 6.45) is 42.1. The molecule has 0 fully saturated rings. The topological polar surface area (TPSA) is 167 Å². The van der Waals surface area contributed by atoms with E-state index in [1.807, 2.05) is 83.1 Å². The number of phenols is 2. The van der Waals surface area contributed by atoms with Crippen LogP contribution in [-0.4, -0.2) is 10.2 Å². The van der Waals surface area contributed by atoms with E-state index in [1.54, 1.807) is 12.1 Å². The van der Waals surface area contributed by atoms with Crippen molar-refractivity contribution in [1.29, 1.82) is 0 Å². The van der Waals surface area contributed by atoms with E-state index in [4.69, 9.17) is 0 Å². The molecule has 0 aliphatic rings. The molecule has 0 saturated heterocycles. The molecule has 454 valence electrons. The predicted molar refractivity (Wildman–Crippen MR) is 320 cm³/mol. The van der Waals surface area contributed by atoms with Crippen LogP contribution in [0.2, 0.25) is 0 Å². The molecule has 0 bridgehead atoms. The Morgan fingerprint density at radius 3 is 0.714 bits per heavy atom. The maximum atomic E-state index is 11.8. The van der Waals surface area contributed by atoms with Crippen molar-refractivity contribution in [3.05, 3.63) is 56.6 Å². The van der Waals surface area contributed by atoms with E-state index in [9.17, 15) is 38.9 Å². The first-order chi connectivity index (χ1) is 35.4. The van der Waals surface area contributed by atoms with Crippen molar-refractivity contribution in [3.8, 4) is 11.5 Å². The summed E-state index contributed by atoms with van der Waals surface area (Å²) in [5.41, 5.74) is 4.45. The number of unbranched alkanes of at least 4 members (excludes halogenated alkanes) is 30. The van der Waals surface area contributed by atoms with E-state index < -0.39 is 27.5 Å². The number of phenolic OH excluding ortho intramolecular Hbond substituents is 2. The quantitative estimate of drug-likeness (QED) is 0.0381. The van der Waals surface area contributed by atoms with Gasteiger partial charge in [-0.1, -0.05) is 317 Å². The van der Waals surface area contributed by atoms with Crippen molar-refractivity contribution < 1.29 is 55.4 Å². The van der Waals surface area contributed by atoms with Crippen LogP contribution in [0.25, 0.3) is 0 Å². The second-order valence-corrected chi connectivity index (χ2v) is 30.3. The zero-order valence-corrected chi connectivity index (χ0v) is 54.9. The zero-order chi connectivity index (χ0) is 57.6. The summed E-state index contributed by atoms with van der Waals surface area (Å²) < 4.78 is 23.6. The molecule has 11 heteroatoms. The molecule has 0 spiro atoms. The molecule has 0 aromatic heterocycles. The Bertz CT molecular complexity index is 1830. The normalized spacial score (nSPS) is 12.7. The van der Waals surface area contributed by atoms with Gasteiger partial charge in [-0.25, -0.2) is 0 Å². The molecular weight excluding hydrogens is 1040 g/mol. The Morgan fingerprint density at radius 2 is 0.545 bits per heavy atom. The summed E-state index contributed by atoms with van der Waals surface area (Å²) in [4.78, 5) is 47.2. The molecule has 2 rings (SSSR count). The molecule has 77 heavy (non-hydrogen) atoms. The summed E-state index contributed by atoms with van der Waals surface area (Å²) in [6.45, 7) is 28.8. The van der Waals surface area contributed by atoms with Crippen LogP contribution in [0.4, 0.5) is 0 Å². The van der Waals surface area contributed by atoms with Crippen molar-refractivity contribution in [2.24, 2.45) is 0 Å². The fraction of sp³-hybridized carbons (Fsp3) is 0.818. The Balaban J connectivity index is 0.00000148. The molecule has 0 amide bonds. The molecule has 0 atom stereocenters. The van der Waals surface area contributed by atoms with Crippen LogP contribution in [0, 0.1) is 0 Å². The number of rotatable bonds is 38. The van der Waals surface area contributed by atoms with Gasteiger partial charge in [-0.05, 0) is 80.7 Å². The third-order valence-corrected chi connectivity index (χ3v) is 16.9. The molecule has 0 unspecified atom stereocenters. The minimum absolute atomic E-state index is 0. The van der Waals surface area contributed by atoms with Gasteiger partial charge >= 0.3 is 0 Å². The van der Waals surface area contributed by atoms with Gasteiger partial charge in [0.15, 0.2) is 0 Å². The maximum absolute atomic E-state index is 11.8.